The van der Waals surface area contributed by atoms with Crippen molar-refractivity contribution in [3.05, 3.63) is 0 Å². The summed E-state index contributed by atoms with van der Waals surface area (Å²) in [7, 11) is 3.25. The highest BCUT2D eigenvalue weighted by molar-refractivity contribution is 5.95. The average Bonchev–Trinajstić information content (AvgIpc) is 2.78. The number of Topliss-reactive ketones (excluding diaryl/α,β-unsaturated/α-hetero) is 1. The molecule has 0 saturated heterocycles. The molecule has 0 aromatic heterocycles. The lowest BCUT2D eigenvalue weighted by atomic mass is 9.93. The van der Waals surface area contributed by atoms with Gasteiger partial charge in [0.25, 0.3) is 0 Å². The molecule has 3 atom stereocenters. The summed E-state index contributed by atoms with van der Waals surface area (Å²) in [5, 5.41) is 8.35. The number of carbonyl (C=O) groups excluding carboxylic acids is 5. The van der Waals surface area contributed by atoms with Crippen LogP contribution in [0.1, 0.15) is 93.4 Å². The highest BCUT2D eigenvalue weighted by Crippen LogP contribution is 2.12. The smallest absolute Gasteiger partial charge is 0.243 e. The zero-order chi connectivity index (χ0) is 28.0. The number of ketones is 1. The van der Waals surface area contributed by atoms with Gasteiger partial charge in [-0.2, -0.15) is 0 Å². The number of rotatable bonds is 17. The topological polar surface area (TPSA) is 125 Å². The SMILES string of the molecule is CCCCCC(=O)NC(C(=O)NC(CCC(=O)N(C)C)C(=O)NC(CC(C)C)C(=O)C(C)C)C(C)C. The summed E-state index contributed by atoms with van der Waals surface area (Å²) in [6.45, 7) is 13.2. The Balaban J connectivity index is 5.67. The van der Waals surface area contributed by atoms with Crippen LogP contribution >= 0.6 is 0 Å². The monoisotopic (exact) mass is 510 g/mol. The largest absolute Gasteiger partial charge is 0.349 e. The molecule has 0 aromatic rings. The standard InChI is InChI=1S/C27H50N4O5/c1-10-11-12-13-22(32)30-24(18(4)5)27(36)28-20(14-15-23(33)31(8)9)26(35)29-21(16-17(2)3)25(34)19(6)7/h17-21,24H,10-16H2,1-9H3,(H,28,36)(H,29,35)(H,30,32). The van der Waals surface area contributed by atoms with Crippen LogP contribution in [-0.2, 0) is 24.0 Å². The van der Waals surface area contributed by atoms with Crippen LogP contribution < -0.4 is 16.0 Å². The zero-order valence-corrected chi connectivity index (χ0v) is 23.9. The van der Waals surface area contributed by atoms with Gasteiger partial charge in [0.05, 0.1) is 6.04 Å². The number of hydrogen-bond acceptors (Lipinski definition) is 5. The van der Waals surface area contributed by atoms with Gasteiger partial charge in [0.15, 0.2) is 5.78 Å². The van der Waals surface area contributed by atoms with Crippen LogP contribution in [0.4, 0.5) is 0 Å². The Morgan fingerprint density at radius 1 is 0.750 bits per heavy atom. The average molecular weight is 511 g/mol. The van der Waals surface area contributed by atoms with Crippen molar-refractivity contribution in [3.63, 3.8) is 0 Å². The lowest BCUT2D eigenvalue weighted by Gasteiger charge is -2.27. The molecule has 36 heavy (non-hydrogen) atoms. The molecule has 0 bridgehead atoms. The number of unbranched alkanes of at least 4 members (excludes halogenated alkanes) is 2. The maximum absolute atomic E-state index is 13.3. The summed E-state index contributed by atoms with van der Waals surface area (Å²) < 4.78 is 0. The summed E-state index contributed by atoms with van der Waals surface area (Å²) in [6.07, 6.45) is 3.60. The lowest BCUT2D eigenvalue weighted by molar-refractivity contribution is -0.135. The molecule has 9 nitrogen and oxygen atoms in total. The van der Waals surface area contributed by atoms with Crippen LogP contribution in [0, 0.1) is 17.8 Å². The van der Waals surface area contributed by atoms with Crippen molar-refractivity contribution in [2.75, 3.05) is 14.1 Å². The van der Waals surface area contributed by atoms with Gasteiger partial charge in [0.1, 0.15) is 12.1 Å². The molecule has 3 unspecified atom stereocenters. The number of hydrogen-bond donors (Lipinski definition) is 3. The Bertz CT molecular complexity index is 734. The van der Waals surface area contributed by atoms with Gasteiger partial charge in [-0.15, -0.1) is 0 Å². The van der Waals surface area contributed by atoms with Crippen molar-refractivity contribution in [2.45, 2.75) is 112 Å². The van der Waals surface area contributed by atoms with Crippen molar-refractivity contribution in [3.8, 4) is 0 Å². The Labute approximate surface area is 217 Å². The molecule has 0 rings (SSSR count). The minimum atomic E-state index is -1.02. The first-order valence-corrected chi connectivity index (χ1v) is 13.3. The van der Waals surface area contributed by atoms with E-state index in [4.69, 9.17) is 0 Å². The van der Waals surface area contributed by atoms with Gasteiger partial charge in [0, 0.05) is 32.9 Å². The van der Waals surface area contributed by atoms with Crippen molar-refractivity contribution in [2.24, 2.45) is 17.8 Å². The van der Waals surface area contributed by atoms with E-state index in [9.17, 15) is 24.0 Å². The summed E-state index contributed by atoms with van der Waals surface area (Å²) in [6, 6.07) is -2.52. The van der Waals surface area contributed by atoms with E-state index in [1.54, 1.807) is 27.9 Å². The second-order valence-corrected chi connectivity index (χ2v) is 10.9. The van der Waals surface area contributed by atoms with E-state index in [0.717, 1.165) is 19.3 Å². The minimum Gasteiger partial charge on any atom is -0.349 e. The van der Waals surface area contributed by atoms with Gasteiger partial charge in [0.2, 0.25) is 23.6 Å². The van der Waals surface area contributed by atoms with E-state index >= 15 is 0 Å². The first-order valence-electron chi connectivity index (χ1n) is 13.3. The van der Waals surface area contributed by atoms with E-state index in [1.165, 1.54) is 4.90 Å². The van der Waals surface area contributed by atoms with Crippen LogP contribution in [0.25, 0.3) is 0 Å². The van der Waals surface area contributed by atoms with Crippen molar-refractivity contribution >= 4 is 29.4 Å². The van der Waals surface area contributed by atoms with E-state index in [-0.39, 0.29) is 48.2 Å². The zero-order valence-electron chi connectivity index (χ0n) is 23.9. The molecule has 0 radical (unpaired) electrons. The number of nitrogens with zero attached hydrogens (tertiary/aromatic N) is 1. The normalized spacial score (nSPS) is 13.8. The quantitative estimate of drug-likeness (QED) is 0.260. The predicted molar refractivity (Wildman–Crippen MR) is 142 cm³/mol. The Hall–Kier alpha value is -2.45. The van der Waals surface area contributed by atoms with Crippen LogP contribution in [0.2, 0.25) is 0 Å². The summed E-state index contributed by atoms with van der Waals surface area (Å²) in [4.78, 5) is 65.2. The van der Waals surface area contributed by atoms with E-state index in [1.807, 2.05) is 27.7 Å². The van der Waals surface area contributed by atoms with E-state index < -0.39 is 29.9 Å². The fourth-order valence-electron chi connectivity index (χ4n) is 3.73. The maximum Gasteiger partial charge on any atom is 0.243 e. The highest BCUT2D eigenvalue weighted by Gasteiger charge is 2.32. The summed E-state index contributed by atoms with van der Waals surface area (Å²) >= 11 is 0. The van der Waals surface area contributed by atoms with Crippen LogP contribution in [0.5, 0.6) is 0 Å². The number of carbonyl (C=O) groups is 5. The molecule has 0 aliphatic heterocycles. The van der Waals surface area contributed by atoms with Gasteiger partial charge in [-0.3, -0.25) is 24.0 Å². The van der Waals surface area contributed by atoms with Crippen molar-refractivity contribution in [1.29, 1.82) is 0 Å². The highest BCUT2D eigenvalue weighted by atomic mass is 16.2. The molecule has 0 fully saturated rings. The number of amides is 4. The molecule has 208 valence electrons. The van der Waals surface area contributed by atoms with Gasteiger partial charge in [-0.25, -0.2) is 0 Å². The summed E-state index contributed by atoms with van der Waals surface area (Å²) in [5.41, 5.74) is 0. The lowest BCUT2D eigenvalue weighted by Crippen LogP contribution is -2.57. The van der Waals surface area contributed by atoms with Gasteiger partial charge >= 0.3 is 0 Å². The molecule has 9 heteroatoms. The third-order valence-electron chi connectivity index (χ3n) is 5.99. The molecular formula is C27H50N4O5. The second-order valence-electron chi connectivity index (χ2n) is 10.9. The fourth-order valence-corrected chi connectivity index (χ4v) is 3.73. The molecular weight excluding hydrogens is 460 g/mol. The van der Waals surface area contributed by atoms with Crippen molar-refractivity contribution < 1.29 is 24.0 Å². The van der Waals surface area contributed by atoms with Gasteiger partial charge < -0.3 is 20.9 Å². The Morgan fingerprint density at radius 3 is 1.81 bits per heavy atom. The molecule has 4 amide bonds. The van der Waals surface area contributed by atoms with Crippen LogP contribution in [0.15, 0.2) is 0 Å². The molecule has 0 spiro atoms. The fraction of sp³-hybridized carbons (Fsp3) is 0.815. The van der Waals surface area contributed by atoms with Crippen LogP contribution in [0.3, 0.4) is 0 Å². The van der Waals surface area contributed by atoms with Gasteiger partial charge in [-0.05, 0) is 31.1 Å². The first kappa shape index (κ1) is 33.5. The molecule has 0 aromatic carbocycles. The summed E-state index contributed by atoms with van der Waals surface area (Å²) in [5.74, 6) is -1.74. The third kappa shape index (κ3) is 13.0. The maximum atomic E-state index is 13.3. The van der Waals surface area contributed by atoms with Crippen LogP contribution in [-0.4, -0.2) is 66.5 Å². The molecule has 0 aliphatic rings. The first-order chi connectivity index (χ1) is 16.7. The third-order valence-corrected chi connectivity index (χ3v) is 5.99. The van der Waals surface area contributed by atoms with Gasteiger partial charge in [-0.1, -0.05) is 61.3 Å². The molecule has 3 N–H and O–H groups in total. The number of nitrogens with one attached hydrogen (secondary N) is 3. The van der Waals surface area contributed by atoms with E-state index in [2.05, 4.69) is 22.9 Å². The Kier molecular flexibility index (Phi) is 15.9. The molecule has 0 heterocycles. The molecule has 0 saturated carbocycles. The van der Waals surface area contributed by atoms with E-state index in [0.29, 0.717) is 12.8 Å². The molecule has 0 aliphatic carbocycles. The predicted octanol–water partition coefficient (Wildman–Crippen LogP) is 2.82. The van der Waals surface area contributed by atoms with Crippen molar-refractivity contribution in [1.82, 2.24) is 20.9 Å². The minimum absolute atomic E-state index is 0.0497. The second kappa shape index (κ2) is 17.1. The Morgan fingerprint density at radius 2 is 1.33 bits per heavy atom.